The van der Waals surface area contributed by atoms with Crippen LogP contribution < -0.4 is 10.1 Å². The molecule has 1 unspecified atom stereocenters. The molecule has 1 atom stereocenters. The molecule has 2 nitrogen and oxygen atoms in total. The molecule has 0 saturated carbocycles. The van der Waals surface area contributed by atoms with Gasteiger partial charge in [0.1, 0.15) is 5.75 Å². The first-order chi connectivity index (χ1) is 9.20. The van der Waals surface area contributed by atoms with E-state index >= 15 is 0 Å². The van der Waals surface area contributed by atoms with Crippen LogP contribution in [-0.2, 0) is 13.0 Å². The highest BCUT2D eigenvalue weighted by Crippen LogP contribution is 2.32. The molecule has 1 aromatic rings. The molecule has 0 bridgehead atoms. The molecule has 19 heavy (non-hydrogen) atoms. The Labute approximate surface area is 125 Å². The fraction of sp³-hybridized carbons (Fsp3) is 0.625. The van der Waals surface area contributed by atoms with Crippen LogP contribution in [-0.4, -0.2) is 12.6 Å². The molecule has 0 amide bonds. The lowest BCUT2D eigenvalue weighted by Gasteiger charge is -2.15. The van der Waals surface area contributed by atoms with Crippen molar-refractivity contribution in [2.24, 2.45) is 0 Å². The summed E-state index contributed by atoms with van der Waals surface area (Å²) in [5, 5.41) is 3.61. The molecule has 1 N–H and O–H groups in total. The standard InChI is InChI=1S/C16H24BrNO/c1-3-4-5-6-12(2)18-11-14-10-15(17)9-13-7-8-19-16(13)14/h9-10,12,18H,3-8,11H2,1-2H3. The summed E-state index contributed by atoms with van der Waals surface area (Å²) < 4.78 is 6.91. The normalized spacial score (nSPS) is 15.1. The van der Waals surface area contributed by atoms with Crippen molar-refractivity contribution in [2.45, 2.75) is 58.5 Å². The third kappa shape index (κ3) is 4.22. The highest BCUT2D eigenvalue weighted by molar-refractivity contribution is 9.10. The van der Waals surface area contributed by atoms with Crippen LogP contribution in [0.1, 0.15) is 50.7 Å². The summed E-state index contributed by atoms with van der Waals surface area (Å²) in [6.45, 7) is 6.24. The van der Waals surface area contributed by atoms with Gasteiger partial charge in [-0.25, -0.2) is 0 Å². The molecule has 0 radical (unpaired) electrons. The van der Waals surface area contributed by atoms with Crippen LogP contribution in [0.25, 0.3) is 0 Å². The smallest absolute Gasteiger partial charge is 0.127 e. The van der Waals surface area contributed by atoms with Crippen molar-refractivity contribution in [3.8, 4) is 5.75 Å². The van der Waals surface area contributed by atoms with Crippen LogP contribution in [0.2, 0.25) is 0 Å². The number of halogens is 1. The van der Waals surface area contributed by atoms with Crippen LogP contribution in [0.15, 0.2) is 16.6 Å². The first-order valence-electron chi connectivity index (χ1n) is 7.38. The van der Waals surface area contributed by atoms with Gasteiger partial charge < -0.3 is 10.1 Å². The topological polar surface area (TPSA) is 21.3 Å². The zero-order chi connectivity index (χ0) is 13.7. The summed E-state index contributed by atoms with van der Waals surface area (Å²) in [5.41, 5.74) is 2.62. The average molecular weight is 326 g/mol. The van der Waals surface area contributed by atoms with Crippen molar-refractivity contribution < 1.29 is 4.74 Å². The SMILES string of the molecule is CCCCCC(C)NCc1cc(Br)cc2c1OCC2. The average Bonchev–Trinajstić information content (AvgIpc) is 2.84. The quantitative estimate of drug-likeness (QED) is 0.748. The Kier molecular flexibility index (Phi) is 5.71. The number of hydrogen-bond donors (Lipinski definition) is 1. The highest BCUT2D eigenvalue weighted by Gasteiger charge is 2.17. The van der Waals surface area contributed by atoms with Crippen LogP contribution in [0, 0.1) is 0 Å². The van der Waals surface area contributed by atoms with E-state index in [1.807, 2.05) is 0 Å². The third-order valence-corrected chi connectivity index (χ3v) is 4.16. The predicted molar refractivity (Wildman–Crippen MR) is 83.8 cm³/mol. The Bertz CT molecular complexity index is 419. The molecular formula is C16H24BrNO. The summed E-state index contributed by atoms with van der Waals surface area (Å²) in [6, 6.07) is 4.93. The second kappa shape index (κ2) is 7.30. The van der Waals surface area contributed by atoms with Gasteiger partial charge in [-0.15, -0.1) is 0 Å². The van der Waals surface area contributed by atoms with Crippen molar-refractivity contribution in [3.63, 3.8) is 0 Å². The lowest BCUT2D eigenvalue weighted by Crippen LogP contribution is -2.25. The molecule has 0 saturated heterocycles. The summed E-state index contributed by atoms with van der Waals surface area (Å²) in [6.07, 6.45) is 6.23. The minimum atomic E-state index is 0.572. The maximum Gasteiger partial charge on any atom is 0.127 e. The number of ether oxygens (including phenoxy) is 1. The van der Waals surface area contributed by atoms with E-state index in [1.54, 1.807) is 0 Å². The van der Waals surface area contributed by atoms with Gasteiger partial charge in [-0.05, 0) is 31.0 Å². The van der Waals surface area contributed by atoms with Gasteiger partial charge in [-0.2, -0.15) is 0 Å². The maximum atomic E-state index is 5.75. The summed E-state index contributed by atoms with van der Waals surface area (Å²) in [4.78, 5) is 0. The van der Waals surface area contributed by atoms with Crippen LogP contribution in [0.4, 0.5) is 0 Å². The summed E-state index contributed by atoms with van der Waals surface area (Å²) >= 11 is 3.59. The molecule has 106 valence electrons. The number of hydrogen-bond acceptors (Lipinski definition) is 2. The van der Waals surface area contributed by atoms with Gasteiger partial charge in [0.25, 0.3) is 0 Å². The maximum absolute atomic E-state index is 5.75. The van der Waals surface area contributed by atoms with Gasteiger partial charge in [0.05, 0.1) is 6.61 Å². The van der Waals surface area contributed by atoms with Crippen molar-refractivity contribution in [1.82, 2.24) is 5.32 Å². The zero-order valence-electron chi connectivity index (χ0n) is 12.0. The molecule has 3 heteroatoms. The molecule has 1 aromatic carbocycles. The fourth-order valence-electron chi connectivity index (χ4n) is 2.56. The van der Waals surface area contributed by atoms with Crippen molar-refractivity contribution in [3.05, 3.63) is 27.7 Å². The van der Waals surface area contributed by atoms with Gasteiger partial charge in [0, 0.05) is 29.0 Å². The minimum Gasteiger partial charge on any atom is -0.493 e. The lowest BCUT2D eigenvalue weighted by atomic mass is 10.1. The molecule has 0 aliphatic carbocycles. The third-order valence-electron chi connectivity index (χ3n) is 3.71. The molecule has 0 spiro atoms. The Hall–Kier alpha value is -0.540. The van der Waals surface area contributed by atoms with Crippen molar-refractivity contribution in [2.75, 3.05) is 6.61 Å². The highest BCUT2D eigenvalue weighted by atomic mass is 79.9. The van der Waals surface area contributed by atoms with Crippen LogP contribution >= 0.6 is 15.9 Å². The van der Waals surface area contributed by atoms with Gasteiger partial charge in [0.2, 0.25) is 0 Å². The second-order valence-corrected chi connectivity index (χ2v) is 6.35. The number of nitrogens with one attached hydrogen (secondary N) is 1. The first kappa shape index (κ1) is 14.9. The Morgan fingerprint density at radius 2 is 2.21 bits per heavy atom. The van der Waals surface area contributed by atoms with Gasteiger partial charge in [-0.3, -0.25) is 0 Å². The first-order valence-corrected chi connectivity index (χ1v) is 8.17. The van der Waals surface area contributed by atoms with Crippen molar-refractivity contribution >= 4 is 15.9 Å². The number of fused-ring (bicyclic) bond motifs is 1. The predicted octanol–water partition coefficient (Wildman–Crippen LogP) is 4.44. The van der Waals surface area contributed by atoms with E-state index in [0.717, 1.165) is 29.8 Å². The Morgan fingerprint density at radius 1 is 1.37 bits per heavy atom. The van der Waals surface area contributed by atoms with E-state index in [4.69, 9.17) is 4.74 Å². The Balaban J connectivity index is 1.89. The van der Waals surface area contributed by atoms with E-state index in [-0.39, 0.29) is 0 Å². The number of unbranched alkanes of at least 4 members (excludes halogenated alkanes) is 2. The van der Waals surface area contributed by atoms with Crippen LogP contribution in [0.5, 0.6) is 5.75 Å². The largest absolute Gasteiger partial charge is 0.493 e. The molecule has 0 aromatic heterocycles. The monoisotopic (exact) mass is 325 g/mol. The van der Waals surface area contributed by atoms with Gasteiger partial charge >= 0.3 is 0 Å². The summed E-state index contributed by atoms with van der Waals surface area (Å²) in [5.74, 6) is 1.11. The molecule has 1 heterocycles. The molecular weight excluding hydrogens is 302 g/mol. The fourth-order valence-corrected chi connectivity index (χ4v) is 3.12. The van der Waals surface area contributed by atoms with E-state index in [9.17, 15) is 0 Å². The van der Waals surface area contributed by atoms with E-state index < -0.39 is 0 Å². The van der Waals surface area contributed by atoms with Gasteiger partial charge in [0.15, 0.2) is 0 Å². The number of rotatable bonds is 7. The van der Waals surface area contributed by atoms with Crippen LogP contribution in [0.3, 0.4) is 0 Å². The zero-order valence-corrected chi connectivity index (χ0v) is 13.6. The van der Waals surface area contributed by atoms with E-state index in [1.165, 1.54) is 36.8 Å². The molecule has 1 aliphatic heterocycles. The minimum absolute atomic E-state index is 0.572. The summed E-state index contributed by atoms with van der Waals surface area (Å²) in [7, 11) is 0. The second-order valence-electron chi connectivity index (χ2n) is 5.43. The van der Waals surface area contributed by atoms with E-state index in [2.05, 4.69) is 47.2 Å². The Morgan fingerprint density at radius 3 is 3.00 bits per heavy atom. The van der Waals surface area contributed by atoms with Crippen molar-refractivity contribution in [1.29, 1.82) is 0 Å². The van der Waals surface area contributed by atoms with E-state index in [0.29, 0.717) is 6.04 Å². The lowest BCUT2D eigenvalue weighted by molar-refractivity contribution is 0.351. The van der Waals surface area contributed by atoms with Gasteiger partial charge in [-0.1, -0.05) is 42.1 Å². The molecule has 0 fully saturated rings. The molecule has 2 rings (SSSR count). The molecule has 1 aliphatic rings. The number of benzene rings is 1.